The molecule has 0 saturated heterocycles. The summed E-state index contributed by atoms with van der Waals surface area (Å²) < 4.78 is 12.9. The number of imidazole rings is 1. The van der Waals surface area contributed by atoms with Gasteiger partial charge in [0.25, 0.3) is 5.91 Å². The zero-order valence-electron chi connectivity index (χ0n) is 18.2. The van der Waals surface area contributed by atoms with Gasteiger partial charge in [-0.25, -0.2) is 4.98 Å². The maximum absolute atomic E-state index is 13.4. The van der Waals surface area contributed by atoms with Crippen LogP contribution < -0.4 is 14.8 Å². The second-order valence-corrected chi connectivity index (χ2v) is 8.49. The molecular formula is C24H28ClN3O3. The van der Waals surface area contributed by atoms with Gasteiger partial charge in [-0.3, -0.25) is 9.36 Å². The van der Waals surface area contributed by atoms with E-state index in [0.29, 0.717) is 17.3 Å². The van der Waals surface area contributed by atoms with Gasteiger partial charge in [-0.1, -0.05) is 43.0 Å². The average molecular weight is 442 g/mol. The molecule has 1 aliphatic rings. The van der Waals surface area contributed by atoms with Gasteiger partial charge in [0.1, 0.15) is 17.3 Å². The summed E-state index contributed by atoms with van der Waals surface area (Å²) in [5.74, 6) is 1.65. The minimum Gasteiger partial charge on any atom is -0.497 e. The third kappa shape index (κ3) is 3.63. The molecule has 31 heavy (non-hydrogen) atoms. The Morgan fingerprint density at radius 2 is 1.87 bits per heavy atom. The lowest BCUT2D eigenvalue weighted by molar-refractivity contribution is -0.128. The Labute approximate surface area is 187 Å². The Morgan fingerprint density at radius 3 is 2.55 bits per heavy atom. The van der Waals surface area contributed by atoms with Crippen LogP contribution in [-0.2, 0) is 9.79 Å². The van der Waals surface area contributed by atoms with Crippen LogP contribution >= 0.6 is 11.6 Å². The van der Waals surface area contributed by atoms with Crippen LogP contribution in [0.25, 0.3) is 22.4 Å². The van der Waals surface area contributed by atoms with Crippen LogP contribution in [-0.4, -0.2) is 36.7 Å². The molecule has 1 aromatic heterocycles. The number of likely N-dealkylation sites (N-methyl/N-ethyl adjacent to an activating group) is 1. The summed E-state index contributed by atoms with van der Waals surface area (Å²) in [7, 11) is 4.86. The van der Waals surface area contributed by atoms with Crippen LogP contribution in [0, 0.1) is 5.92 Å². The van der Waals surface area contributed by atoms with Crippen molar-refractivity contribution in [1.29, 1.82) is 0 Å². The largest absolute Gasteiger partial charge is 0.497 e. The number of halogens is 1. The number of hydrogen-bond acceptors (Lipinski definition) is 4. The van der Waals surface area contributed by atoms with E-state index in [1.165, 1.54) is 6.42 Å². The van der Waals surface area contributed by atoms with Gasteiger partial charge in [0.2, 0.25) is 5.00 Å². The van der Waals surface area contributed by atoms with Crippen LogP contribution in [0.15, 0.2) is 42.5 Å². The number of aromatic nitrogens is 2. The molecule has 7 heteroatoms. The molecule has 4 rings (SSSR count). The van der Waals surface area contributed by atoms with Gasteiger partial charge >= 0.3 is 0 Å². The smallest absolute Gasteiger partial charge is 0.261 e. The summed E-state index contributed by atoms with van der Waals surface area (Å²) in [6.07, 6.45) is 5.07. The number of ether oxygens (including phenoxy) is 2. The molecule has 1 heterocycles. The number of benzene rings is 2. The molecular weight excluding hydrogens is 414 g/mol. The molecule has 3 aromatic rings. The van der Waals surface area contributed by atoms with Crippen molar-refractivity contribution in [3.63, 3.8) is 0 Å². The molecule has 0 bridgehead atoms. The van der Waals surface area contributed by atoms with Crippen LogP contribution in [0.5, 0.6) is 11.5 Å². The number of para-hydroxylation sites is 2. The third-order valence-electron chi connectivity index (χ3n) is 6.23. The van der Waals surface area contributed by atoms with E-state index >= 15 is 0 Å². The predicted octanol–water partition coefficient (Wildman–Crippen LogP) is 4.94. The van der Waals surface area contributed by atoms with E-state index in [-0.39, 0.29) is 11.8 Å². The van der Waals surface area contributed by atoms with E-state index in [0.717, 1.165) is 42.3 Å². The van der Waals surface area contributed by atoms with Crippen LogP contribution in [0.2, 0.25) is 0 Å². The first-order valence-corrected chi connectivity index (χ1v) is 11.0. The number of nitrogens with zero attached hydrogens (tertiary/aromatic N) is 2. The maximum Gasteiger partial charge on any atom is 0.261 e. The molecule has 1 atom stereocenters. The number of alkyl halides is 1. The van der Waals surface area contributed by atoms with E-state index in [4.69, 9.17) is 26.1 Å². The fourth-order valence-electron chi connectivity index (χ4n) is 4.65. The number of fused-ring (bicyclic) bond motifs is 1. The summed E-state index contributed by atoms with van der Waals surface area (Å²) in [6, 6.07) is 13.4. The van der Waals surface area contributed by atoms with Crippen molar-refractivity contribution in [3.05, 3.63) is 42.5 Å². The number of hydrogen-bond donors (Lipinski definition) is 1. The lowest BCUT2D eigenvalue weighted by Crippen LogP contribution is -2.49. The summed E-state index contributed by atoms with van der Waals surface area (Å²) in [5, 5.41) is 2.81. The second kappa shape index (κ2) is 8.79. The molecule has 164 valence electrons. The number of methoxy groups -OCH3 is 2. The van der Waals surface area contributed by atoms with E-state index in [1.54, 1.807) is 21.3 Å². The van der Waals surface area contributed by atoms with Crippen molar-refractivity contribution < 1.29 is 14.3 Å². The topological polar surface area (TPSA) is 65.4 Å². The molecule has 0 aliphatic heterocycles. The monoisotopic (exact) mass is 441 g/mol. The number of amides is 1. The SMILES string of the molecule is CNC(=O)C(Cl)(C1CCCCC1)n1c(-c2ccc(OC)cc2OC)nc2ccccc21. The van der Waals surface area contributed by atoms with Gasteiger partial charge < -0.3 is 14.8 Å². The van der Waals surface area contributed by atoms with Crippen molar-refractivity contribution in [3.8, 4) is 22.9 Å². The van der Waals surface area contributed by atoms with Gasteiger partial charge in [0.05, 0.1) is 30.8 Å². The molecule has 0 radical (unpaired) electrons. The van der Waals surface area contributed by atoms with Crippen LogP contribution in [0.3, 0.4) is 0 Å². The van der Waals surface area contributed by atoms with Crippen LogP contribution in [0.1, 0.15) is 32.1 Å². The molecule has 0 spiro atoms. The highest BCUT2D eigenvalue weighted by Gasteiger charge is 2.48. The van der Waals surface area contributed by atoms with Gasteiger partial charge in [-0.05, 0) is 37.1 Å². The molecule has 1 N–H and O–H groups in total. The van der Waals surface area contributed by atoms with E-state index in [9.17, 15) is 4.79 Å². The van der Waals surface area contributed by atoms with Gasteiger partial charge in [0.15, 0.2) is 0 Å². The zero-order chi connectivity index (χ0) is 22.0. The molecule has 1 amide bonds. The normalized spacial score (nSPS) is 16.6. The van der Waals surface area contributed by atoms with Gasteiger partial charge in [-0.15, -0.1) is 0 Å². The molecule has 1 saturated carbocycles. The lowest BCUT2D eigenvalue weighted by atomic mass is 9.82. The van der Waals surface area contributed by atoms with Crippen molar-refractivity contribution >= 4 is 28.5 Å². The van der Waals surface area contributed by atoms with E-state index in [2.05, 4.69) is 5.32 Å². The number of carbonyl (C=O) groups excluding carboxylic acids is 1. The fraction of sp³-hybridized carbons (Fsp3) is 0.417. The summed E-state index contributed by atoms with van der Waals surface area (Å²) in [6.45, 7) is 0. The first kappa shape index (κ1) is 21.5. The average Bonchev–Trinajstić information content (AvgIpc) is 3.22. The lowest BCUT2D eigenvalue weighted by Gasteiger charge is -2.38. The van der Waals surface area contributed by atoms with E-state index in [1.807, 2.05) is 47.0 Å². The number of rotatable bonds is 6. The second-order valence-electron chi connectivity index (χ2n) is 7.91. The third-order valence-corrected chi connectivity index (χ3v) is 6.88. The van der Waals surface area contributed by atoms with Crippen molar-refractivity contribution in [2.75, 3.05) is 21.3 Å². The van der Waals surface area contributed by atoms with Crippen molar-refractivity contribution in [2.45, 2.75) is 37.1 Å². The van der Waals surface area contributed by atoms with Crippen molar-refractivity contribution in [2.24, 2.45) is 5.92 Å². The highest BCUT2D eigenvalue weighted by molar-refractivity contribution is 6.33. The van der Waals surface area contributed by atoms with E-state index < -0.39 is 5.00 Å². The van der Waals surface area contributed by atoms with Crippen molar-refractivity contribution in [1.82, 2.24) is 14.9 Å². The first-order valence-electron chi connectivity index (χ1n) is 10.7. The Morgan fingerprint density at radius 1 is 1.13 bits per heavy atom. The van der Waals surface area contributed by atoms with Gasteiger partial charge in [-0.2, -0.15) is 0 Å². The Bertz CT molecular complexity index is 1090. The Hall–Kier alpha value is -2.73. The highest BCUT2D eigenvalue weighted by atomic mass is 35.5. The molecule has 2 aromatic carbocycles. The molecule has 6 nitrogen and oxygen atoms in total. The standard InChI is InChI=1S/C24H28ClN3O3/c1-26-23(29)24(25,16-9-5-4-6-10-16)28-20-12-8-7-11-19(20)27-22(28)18-14-13-17(30-2)15-21(18)31-3/h7-8,11-16H,4-6,9-10H2,1-3H3,(H,26,29). The summed E-state index contributed by atoms with van der Waals surface area (Å²) >= 11 is 7.37. The predicted molar refractivity (Wildman–Crippen MR) is 123 cm³/mol. The fourth-order valence-corrected chi connectivity index (χ4v) is 5.13. The Balaban J connectivity index is 2.02. The quantitative estimate of drug-likeness (QED) is 0.550. The van der Waals surface area contributed by atoms with Crippen LogP contribution in [0.4, 0.5) is 0 Å². The minimum absolute atomic E-state index is 0.0107. The number of carbonyl (C=O) groups is 1. The summed E-state index contributed by atoms with van der Waals surface area (Å²) in [4.78, 5) is 17.0. The Kier molecular flexibility index (Phi) is 6.10. The summed E-state index contributed by atoms with van der Waals surface area (Å²) in [5.41, 5.74) is 2.35. The molecule has 1 fully saturated rings. The molecule has 1 unspecified atom stereocenters. The number of nitrogens with one attached hydrogen (secondary N) is 1. The first-order chi connectivity index (χ1) is 15.0. The minimum atomic E-state index is -1.30. The molecule has 1 aliphatic carbocycles. The van der Waals surface area contributed by atoms with Gasteiger partial charge in [0, 0.05) is 19.0 Å². The zero-order valence-corrected chi connectivity index (χ0v) is 18.9. The highest BCUT2D eigenvalue weighted by Crippen LogP contribution is 2.46. The maximum atomic E-state index is 13.4.